The van der Waals surface area contributed by atoms with Gasteiger partial charge in [-0.25, -0.2) is 0 Å². The van der Waals surface area contributed by atoms with E-state index in [-0.39, 0.29) is 0 Å². The van der Waals surface area contributed by atoms with E-state index in [0.717, 1.165) is 12.5 Å². The molecule has 1 aliphatic carbocycles. The summed E-state index contributed by atoms with van der Waals surface area (Å²) in [5.41, 5.74) is 0.292. The second-order valence-electron chi connectivity index (χ2n) is 6.73. The van der Waals surface area contributed by atoms with Gasteiger partial charge in [-0.05, 0) is 43.2 Å². The Morgan fingerprint density at radius 3 is 2.50 bits per heavy atom. The lowest BCUT2D eigenvalue weighted by molar-refractivity contribution is 0.381. The van der Waals surface area contributed by atoms with E-state index in [1.54, 1.807) is 0 Å². The second kappa shape index (κ2) is 5.75. The van der Waals surface area contributed by atoms with Crippen LogP contribution in [0, 0.1) is 5.92 Å². The lowest BCUT2D eigenvalue weighted by atomic mass is 9.95. The normalized spacial score (nSPS) is 19.3. The first kappa shape index (κ1) is 14.1. The average molecular weight is 265 g/mol. The molecule has 1 aliphatic rings. The minimum Gasteiger partial charge on any atom is -0.309 e. The molecule has 0 bridgehead atoms. The number of nitrogens with one attached hydrogen (secondary N) is 1. The SMILES string of the molecule is C[C@H](NCc1ccc(C(C)(C)C)s1)C1CCCC1. The van der Waals surface area contributed by atoms with Crippen molar-refractivity contribution in [1.29, 1.82) is 0 Å². The Labute approximate surface area is 116 Å². The zero-order valence-electron chi connectivity index (χ0n) is 12.3. The Bertz CT molecular complexity index is 369. The van der Waals surface area contributed by atoms with Gasteiger partial charge >= 0.3 is 0 Å². The molecule has 2 rings (SSSR count). The maximum absolute atomic E-state index is 3.72. The lowest BCUT2D eigenvalue weighted by Gasteiger charge is -2.20. The molecule has 1 nitrogen and oxygen atoms in total. The van der Waals surface area contributed by atoms with Crippen LogP contribution in [0.1, 0.15) is 63.1 Å². The van der Waals surface area contributed by atoms with Crippen LogP contribution in [0.3, 0.4) is 0 Å². The molecular weight excluding hydrogens is 238 g/mol. The highest BCUT2D eigenvalue weighted by Gasteiger charge is 2.21. The fourth-order valence-corrected chi connectivity index (χ4v) is 3.78. The zero-order valence-corrected chi connectivity index (χ0v) is 13.1. The van der Waals surface area contributed by atoms with E-state index in [0.29, 0.717) is 11.5 Å². The summed E-state index contributed by atoms with van der Waals surface area (Å²) in [6.45, 7) is 10.3. The fourth-order valence-electron chi connectivity index (χ4n) is 2.76. The summed E-state index contributed by atoms with van der Waals surface area (Å²) in [4.78, 5) is 2.97. The molecule has 1 aromatic rings. The quantitative estimate of drug-likeness (QED) is 0.831. The smallest absolute Gasteiger partial charge is 0.0302 e. The van der Waals surface area contributed by atoms with Crippen LogP contribution < -0.4 is 5.32 Å². The lowest BCUT2D eigenvalue weighted by Crippen LogP contribution is -2.31. The van der Waals surface area contributed by atoms with Crippen LogP contribution in [0.5, 0.6) is 0 Å². The number of thiophene rings is 1. The monoisotopic (exact) mass is 265 g/mol. The van der Waals surface area contributed by atoms with Gasteiger partial charge in [0.1, 0.15) is 0 Å². The van der Waals surface area contributed by atoms with E-state index in [9.17, 15) is 0 Å². The van der Waals surface area contributed by atoms with Crippen molar-refractivity contribution in [3.63, 3.8) is 0 Å². The van der Waals surface area contributed by atoms with Crippen LogP contribution >= 0.6 is 11.3 Å². The van der Waals surface area contributed by atoms with Gasteiger partial charge in [-0.2, -0.15) is 0 Å². The molecular formula is C16H27NS. The molecule has 2 heteroatoms. The van der Waals surface area contributed by atoms with Gasteiger partial charge in [-0.1, -0.05) is 33.6 Å². The zero-order chi connectivity index (χ0) is 13.2. The van der Waals surface area contributed by atoms with Crippen LogP contribution in [-0.2, 0) is 12.0 Å². The van der Waals surface area contributed by atoms with Gasteiger partial charge in [-0.15, -0.1) is 11.3 Å². The standard InChI is InChI=1S/C16H27NS/c1-12(13-7-5-6-8-13)17-11-14-9-10-15(18-14)16(2,3)4/h9-10,12-13,17H,5-8,11H2,1-4H3/t12-/m0/s1. The van der Waals surface area contributed by atoms with Crippen LogP contribution in [0.4, 0.5) is 0 Å². The van der Waals surface area contributed by atoms with Gasteiger partial charge in [0.05, 0.1) is 0 Å². The minimum absolute atomic E-state index is 0.292. The average Bonchev–Trinajstić information content (AvgIpc) is 2.96. The summed E-state index contributed by atoms with van der Waals surface area (Å²) >= 11 is 1.96. The van der Waals surface area contributed by atoms with E-state index in [4.69, 9.17) is 0 Å². The van der Waals surface area contributed by atoms with Gasteiger partial charge in [-0.3, -0.25) is 0 Å². The molecule has 18 heavy (non-hydrogen) atoms. The van der Waals surface area contributed by atoms with E-state index in [1.807, 2.05) is 11.3 Å². The molecule has 0 aliphatic heterocycles. The van der Waals surface area contributed by atoms with E-state index >= 15 is 0 Å². The summed E-state index contributed by atoms with van der Waals surface area (Å²) in [6, 6.07) is 5.26. The van der Waals surface area contributed by atoms with Gasteiger partial charge < -0.3 is 5.32 Å². The molecule has 1 aromatic heterocycles. The Kier molecular flexibility index (Phi) is 4.50. The molecule has 0 spiro atoms. The second-order valence-corrected chi connectivity index (χ2v) is 7.90. The van der Waals surface area contributed by atoms with Crippen LogP contribution in [0.2, 0.25) is 0 Å². The van der Waals surface area contributed by atoms with Crippen molar-refractivity contribution in [3.8, 4) is 0 Å². The minimum atomic E-state index is 0.292. The predicted octanol–water partition coefficient (Wildman–Crippen LogP) is 4.71. The molecule has 1 N–H and O–H groups in total. The van der Waals surface area contributed by atoms with E-state index in [1.165, 1.54) is 35.4 Å². The molecule has 0 saturated heterocycles. The van der Waals surface area contributed by atoms with Gasteiger partial charge in [0.15, 0.2) is 0 Å². The Balaban J connectivity index is 1.84. The van der Waals surface area contributed by atoms with Crippen molar-refractivity contribution in [1.82, 2.24) is 5.32 Å². The molecule has 1 atom stereocenters. The van der Waals surface area contributed by atoms with Crippen molar-refractivity contribution >= 4 is 11.3 Å². The van der Waals surface area contributed by atoms with Crippen molar-refractivity contribution in [2.45, 2.75) is 71.4 Å². The molecule has 1 fully saturated rings. The van der Waals surface area contributed by atoms with Crippen LogP contribution in [-0.4, -0.2) is 6.04 Å². The largest absolute Gasteiger partial charge is 0.309 e. The third-order valence-electron chi connectivity index (χ3n) is 4.11. The molecule has 1 saturated carbocycles. The molecule has 0 amide bonds. The maximum atomic E-state index is 3.72. The topological polar surface area (TPSA) is 12.0 Å². The highest BCUT2D eigenvalue weighted by Crippen LogP contribution is 2.30. The van der Waals surface area contributed by atoms with Crippen molar-refractivity contribution in [2.75, 3.05) is 0 Å². The molecule has 0 aromatic carbocycles. The van der Waals surface area contributed by atoms with Crippen LogP contribution in [0.15, 0.2) is 12.1 Å². The van der Waals surface area contributed by atoms with Crippen molar-refractivity contribution in [2.24, 2.45) is 5.92 Å². The van der Waals surface area contributed by atoms with Gasteiger partial charge in [0.2, 0.25) is 0 Å². The van der Waals surface area contributed by atoms with Crippen LogP contribution in [0.25, 0.3) is 0 Å². The summed E-state index contributed by atoms with van der Waals surface area (Å²) in [7, 11) is 0. The van der Waals surface area contributed by atoms with Gasteiger partial charge in [0, 0.05) is 22.3 Å². The Morgan fingerprint density at radius 1 is 1.28 bits per heavy atom. The van der Waals surface area contributed by atoms with Gasteiger partial charge in [0.25, 0.3) is 0 Å². The predicted molar refractivity (Wildman–Crippen MR) is 81.3 cm³/mol. The fraction of sp³-hybridized carbons (Fsp3) is 0.750. The molecule has 0 radical (unpaired) electrons. The highest BCUT2D eigenvalue weighted by atomic mass is 32.1. The van der Waals surface area contributed by atoms with Crippen molar-refractivity contribution in [3.05, 3.63) is 21.9 Å². The first-order valence-corrected chi connectivity index (χ1v) is 8.11. The summed E-state index contributed by atoms with van der Waals surface area (Å²) in [6.07, 6.45) is 5.71. The highest BCUT2D eigenvalue weighted by molar-refractivity contribution is 7.12. The third-order valence-corrected chi connectivity index (χ3v) is 5.62. The third kappa shape index (κ3) is 3.58. The summed E-state index contributed by atoms with van der Waals surface area (Å²) < 4.78 is 0. The maximum Gasteiger partial charge on any atom is 0.0302 e. The Hall–Kier alpha value is -0.340. The first-order chi connectivity index (χ1) is 8.47. The summed E-state index contributed by atoms with van der Waals surface area (Å²) in [5, 5.41) is 3.72. The van der Waals surface area contributed by atoms with Crippen molar-refractivity contribution < 1.29 is 0 Å². The first-order valence-electron chi connectivity index (χ1n) is 7.29. The van der Waals surface area contributed by atoms with E-state index < -0.39 is 0 Å². The number of rotatable bonds is 4. The molecule has 1 heterocycles. The molecule has 102 valence electrons. The molecule has 0 unspecified atom stereocenters. The number of hydrogen-bond donors (Lipinski definition) is 1. The number of hydrogen-bond acceptors (Lipinski definition) is 2. The summed E-state index contributed by atoms with van der Waals surface area (Å²) in [5.74, 6) is 0.909. The van der Waals surface area contributed by atoms with E-state index in [2.05, 4.69) is 45.1 Å². The Morgan fingerprint density at radius 2 is 1.94 bits per heavy atom.